The predicted octanol–water partition coefficient (Wildman–Crippen LogP) is 2.50. The van der Waals surface area contributed by atoms with Gasteiger partial charge in [0.1, 0.15) is 6.07 Å². The summed E-state index contributed by atoms with van der Waals surface area (Å²) in [5, 5.41) is 19.1. The van der Waals surface area contributed by atoms with Crippen molar-refractivity contribution in [1.29, 1.82) is 5.26 Å². The van der Waals surface area contributed by atoms with Crippen molar-refractivity contribution in [3.8, 4) is 11.9 Å². The second-order valence-corrected chi connectivity index (χ2v) is 6.36. The van der Waals surface area contributed by atoms with E-state index in [1.54, 1.807) is 18.3 Å². The highest BCUT2D eigenvalue weighted by Crippen LogP contribution is 2.30. The number of pyridine rings is 1. The number of para-hydroxylation sites is 2. The molecule has 4 rings (SSSR count). The molecule has 1 aromatic carbocycles. The molecule has 3 heterocycles. The quantitative estimate of drug-likeness (QED) is 0.797. The van der Waals surface area contributed by atoms with Gasteiger partial charge >= 0.3 is 0 Å². The van der Waals surface area contributed by atoms with Crippen molar-refractivity contribution in [2.75, 3.05) is 24.6 Å². The van der Waals surface area contributed by atoms with E-state index in [0.29, 0.717) is 11.4 Å². The number of hydrogen-bond donors (Lipinski definition) is 1. The lowest BCUT2D eigenvalue weighted by atomic mass is 9.99. The summed E-state index contributed by atoms with van der Waals surface area (Å²) in [5.41, 5.74) is 2.32. The van der Waals surface area contributed by atoms with E-state index in [4.69, 9.17) is 4.98 Å². The summed E-state index contributed by atoms with van der Waals surface area (Å²) < 4.78 is 1.97. The van der Waals surface area contributed by atoms with Gasteiger partial charge < -0.3 is 10.0 Å². The molecule has 1 unspecified atom stereocenters. The molecule has 1 N–H and O–H groups in total. The molecule has 2 aromatic heterocycles. The van der Waals surface area contributed by atoms with E-state index in [0.717, 1.165) is 42.9 Å². The van der Waals surface area contributed by atoms with Gasteiger partial charge in [-0.1, -0.05) is 12.1 Å². The highest BCUT2D eigenvalue weighted by Gasteiger charge is 2.25. The standard InChI is InChI=1S/C19H19N5O/c20-11-15-6-3-9-21-18(15)24-17-8-2-1-7-16(17)22-19(24)23-10-4-5-14(12-23)13-25/h1-3,6-9,14,25H,4-5,10,12-13H2. The van der Waals surface area contributed by atoms with Gasteiger partial charge in [0.15, 0.2) is 5.82 Å². The number of nitriles is 1. The van der Waals surface area contributed by atoms with Crippen LogP contribution in [0.3, 0.4) is 0 Å². The Labute approximate surface area is 146 Å². The zero-order valence-corrected chi connectivity index (χ0v) is 13.8. The second kappa shape index (κ2) is 6.54. The summed E-state index contributed by atoms with van der Waals surface area (Å²) in [6, 6.07) is 13.7. The summed E-state index contributed by atoms with van der Waals surface area (Å²) in [4.78, 5) is 11.5. The first-order valence-electron chi connectivity index (χ1n) is 8.50. The molecule has 1 atom stereocenters. The zero-order chi connectivity index (χ0) is 17.2. The average Bonchev–Trinajstić information content (AvgIpc) is 3.07. The molecule has 0 bridgehead atoms. The van der Waals surface area contributed by atoms with Crippen LogP contribution in [0.25, 0.3) is 16.9 Å². The Morgan fingerprint density at radius 2 is 2.12 bits per heavy atom. The highest BCUT2D eigenvalue weighted by atomic mass is 16.3. The first-order valence-corrected chi connectivity index (χ1v) is 8.50. The zero-order valence-electron chi connectivity index (χ0n) is 13.8. The number of aliphatic hydroxyl groups is 1. The van der Waals surface area contributed by atoms with Crippen molar-refractivity contribution >= 4 is 17.0 Å². The van der Waals surface area contributed by atoms with Crippen molar-refractivity contribution in [2.45, 2.75) is 12.8 Å². The lowest BCUT2D eigenvalue weighted by molar-refractivity contribution is 0.208. The highest BCUT2D eigenvalue weighted by molar-refractivity contribution is 5.81. The van der Waals surface area contributed by atoms with Crippen LogP contribution in [-0.4, -0.2) is 39.3 Å². The monoisotopic (exact) mass is 333 g/mol. The predicted molar refractivity (Wildman–Crippen MR) is 95.6 cm³/mol. The SMILES string of the molecule is N#Cc1cccnc1-n1c(N2CCCC(CO)C2)nc2ccccc21. The Bertz CT molecular complexity index is 942. The molecule has 3 aromatic rings. The number of imidazole rings is 1. The fourth-order valence-corrected chi connectivity index (χ4v) is 3.49. The molecule has 1 fully saturated rings. The summed E-state index contributed by atoms with van der Waals surface area (Å²) in [6.07, 6.45) is 3.74. The normalized spacial score (nSPS) is 17.6. The lowest BCUT2D eigenvalue weighted by Gasteiger charge is -2.32. The number of aromatic nitrogens is 3. The largest absolute Gasteiger partial charge is 0.396 e. The van der Waals surface area contributed by atoms with Gasteiger partial charge in [-0.25, -0.2) is 9.97 Å². The number of aliphatic hydroxyl groups excluding tert-OH is 1. The van der Waals surface area contributed by atoms with Gasteiger partial charge in [0.25, 0.3) is 0 Å². The van der Waals surface area contributed by atoms with E-state index in [1.807, 2.05) is 28.8 Å². The summed E-state index contributed by atoms with van der Waals surface area (Å²) in [7, 11) is 0. The Balaban J connectivity index is 1.91. The van der Waals surface area contributed by atoms with Crippen LogP contribution in [0.15, 0.2) is 42.6 Å². The van der Waals surface area contributed by atoms with Crippen molar-refractivity contribution in [3.63, 3.8) is 0 Å². The molecule has 6 heteroatoms. The third-order valence-electron chi connectivity index (χ3n) is 4.72. The number of nitrogens with zero attached hydrogens (tertiary/aromatic N) is 5. The molecule has 0 radical (unpaired) electrons. The summed E-state index contributed by atoms with van der Waals surface area (Å²) >= 11 is 0. The molecule has 0 aliphatic carbocycles. The Morgan fingerprint density at radius 3 is 2.96 bits per heavy atom. The van der Waals surface area contributed by atoms with Crippen LogP contribution < -0.4 is 4.90 Å². The fourth-order valence-electron chi connectivity index (χ4n) is 3.49. The fraction of sp³-hybridized carbons (Fsp3) is 0.316. The van der Waals surface area contributed by atoms with Crippen LogP contribution in [0, 0.1) is 17.2 Å². The van der Waals surface area contributed by atoms with Gasteiger partial charge in [-0.05, 0) is 43.0 Å². The van der Waals surface area contributed by atoms with E-state index in [9.17, 15) is 10.4 Å². The Hall–Kier alpha value is -2.91. The minimum Gasteiger partial charge on any atom is -0.396 e. The minimum atomic E-state index is 0.184. The first kappa shape index (κ1) is 15.6. The van der Waals surface area contributed by atoms with Crippen molar-refractivity contribution in [2.24, 2.45) is 5.92 Å². The number of piperidine rings is 1. The van der Waals surface area contributed by atoms with E-state index in [-0.39, 0.29) is 12.5 Å². The number of benzene rings is 1. The molecule has 1 saturated heterocycles. The minimum absolute atomic E-state index is 0.184. The maximum atomic E-state index is 9.55. The van der Waals surface area contributed by atoms with E-state index in [2.05, 4.69) is 16.0 Å². The molecule has 126 valence electrons. The Morgan fingerprint density at radius 1 is 1.24 bits per heavy atom. The molecule has 0 saturated carbocycles. The lowest BCUT2D eigenvalue weighted by Crippen LogP contribution is -2.38. The topological polar surface area (TPSA) is 78.0 Å². The van der Waals surface area contributed by atoms with E-state index < -0.39 is 0 Å². The van der Waals surface area contributed by atoms with E-state index in [1.165, 1.54) is 0 Å². The molecular formula is C19H19N5O. The molecule has 0 spiro atoms. The molecule has 6 nitrogen and oxygen atoms in total. The molecule has 1 aliphatic rings. The smallest absolute Gasteiger partial charge is 0.212 e. The second-order valence-electron chi connectivity index (χ2n) is 6.36. The van der Waals surface area contributed by atoms with E-state index >= 15 is 0 Å². The van der Waals surface area contributed by atoms with Gasteiger partial charge in [0.05, 0.1) is 16.6 Å². The Kier molecular flexibility index (Phi) is 4.08. The van der Waals surface area contributed by atoms with Crippen LogP contribution >= 0.6 is 0 Å². The summed E-state index contributed by atoms with van der Waals surface area (Å²) in [6.45, 7) is 1.83. The van der Waals surface area contributed by atoms with Crippen molar-refractivity contribution in [3.05, 3.63) is 48.2 Å². The van der Waals surface area contributed by atoms with Crippen LogP contribution in [0.5, 0.6) is 0 Å². The van der Waals surface area contributed by atoms with Crippen LogP contribution in [-0.2, 0) is 0 Å². The average molecular weight is 333 g/mol. The number of hydrogen-bond acceptors (Lipinski definition) is 5. The molecule has 25 heavy (non-hydrogen) atoms. The maximum Gasteiger partial charge on any atom is 0.212 e. The number of fused-ring (bicyclic) bond motifs is 1. The van der Waals surface area contributed by atoms with Gasteiger partial charge in [0.2, 0.25) is 5.95 Å². The van der Waals surface area contributed by atoms with Gasteiger partial charge in [-0.15, -0.1) is 0 Å². The van der Waals surface area contributed by atoms with Gasteiger partial charge in [-0.2, -0.15) is 5.26 Å². The number of rotatable bonds is 3. The summed E-state index contributed by atoms with van der Waals surface area (Å²) in [5.74, 6) is 1.63. The number of anilines is 1. The van der Waals surface area contributed by atoms with Crippen molar-refractivity contribution < 1.29 is 5.11 Å². The third-order valence-corrected chi connectivity index (χ3v) is 4.72. The van der Waals surface area contributed by atoms with Crippen LogP contribution in [0.2, 0.25) is 0 Å². The molecule has 0 amide bonds. The van der Waals surface area contributed by atoms with Crippen molar-refractivity contribution in [1.82, 2.24) is 14.5 Å². The van der Waals surface area contributed by atoms with Gasteiger partial charge in [-0.3, -0.25) is 4.57 Å². The van der Waals surface area contributed by atoms with Crippen LogP contribution in [0.4, 0.5) is 5.95 Å². The van der Waals surface area contributed by atoms with Gasteiger partial charge in [0, 0.05) is 25.9 Å². The van der Waals surface area contributed by atoms with Crippen LogP contribution in [0.1, 0.15) is 18.4 Å². The first-order chi connectivity index (χ1) is 12.3. The molecular weight excluding hydrogens is 314 g/mol. The molecule has 1 aliphatic heterocycles. The maximum absolute atomic E-state index is 9.55. The third kappa shape index (κ3) is 2.73.